The molecule has 0 radical (unpaired) electrons. The number of piperidine rings is 1. The number of likely N-dealkylation sites (tertiary alicyclic amines) is 1. The Morgan fingerprint density at radius 1 is 0.950 bits per heavy atom. The van der Waals surface area contributed by atoms with Crippen LogP contribution < -0.4 is 4.74 Å². The van der Waals surface area contributed by atoms with E-state index >= 15 is 0 Å². The topological polar surface area (TPSA) is 12.5 Å². The highest BCUT2D eigenvalue weighted by Crippen LogP contribution is 2.19. The number of hydrogen-bond donors (Lipinski definition) is 0. The highest BCUT2D eigenvalue weighted by atomic mass is 16.5. The number of rotatable bonds is 4. The van der Waals surface area contributed by atoms with Gasteiger partial charge in [-0.3, -0.25) is 4.90 Å². The molecule has 1 heterocycles. The molecule has 1 saturated heterocycles. The van der Waals surface area contributed by atoms with Crippen molar-refractivity contribution in [2.75, 3.05) is 13.1 Å². The van der Waals surface area contributed by atoms with Gasteiger partial charge in [0.2, 0.25) is 0 Å². The van der Waals surface area contributed by atoms with Gasteiger partial charge in [-0.15, -0.1) is 0 Å². The molecule has 0 aliphatic carbocycles. The van der Waals surface area contributed by atoms with Crippen molar-refractivity contribution < 1.29 is 4.74 Å². The van der Waals surface area contributed by atoms with E-state index in [0.717, 1.165) is 25.3 Å². The lowest BCUT2D eigenvalue weighted by Gasteiger charge is -2.32. The molecule has 0 saturated carbocycles. The van der Waals surface area contributed by atoms with Crippen LogP contribution >= 0.6 is 0 Å². The molecule has 0 unspecified atom stereocenters. The number of nitrogens with zero attached hydrogens (tertiary/aromatic N) is 1. The molecule has 0 amide bonds. The second kappa shape index (κ2) is 6.58. The van der Waals surface area contributed by atoms with Crippen LogP contribution in [0.2, 0.25) is 0 Å². The van der Waals surface area contributed by atoms with E-state index in [4.69, 9.17) is 4.74 Å². The number of ether oxygens (including phenoxy) is 1. The molecule has 20 heavy (non-hydrogen) atoms. The van der Waals surface area contributed by atoms with Gasteiger partial charge in [0.25, 0.3) is 0 Å². The standard InChI is InChI=1S/C18H21NO/c1-3-8-16(9-4-1)14-19-13-7-12-18(15-19)20-17-10-5-2-6-11-17/h1-6,8-11,18H,7,12-15H2/t18-/m0/s1. The largest absolute Gasteiger partial charge is 0.489 e. The summed E-state index contributed by atoms with van der Waals surface area (Å²) in [6.45, 7) is 3.21. The van der Waals surface area contributed by atoms with E-state index in [0.29, 0.717) is 6.10 Å². The first kappa shape index (κ1) is 13.2. The van der Waals surface area contributed by atoms with Crippen LogP contribution in [0, 0.1) is 0 Å². The molecule has 2 heteroatoms. The first-order valence-electron chi connectivity index (χ1n) is 7.38. The summed E-state index contributed by atoms with van der Waals surface area (Å²) in [7, 11) is 0. The van der Waals surface area contributed by atoms with Gasteiger partial charge in [-0.1, -0.05) is 48.5 Å². The van der Waals surface area contributed by atoms with E-state index in [9.17, 15) is 0 Å². The fourth-order valence-corrected chi connectivity index (χ4v) is 2.79. The number of hydrogen-bond acceptors (Lipinski definition) is 2. The van der Waals surface area contributed by atoms with Gasteiger partial charge in [-0.25, -0.2) is 0 Å². The molecule has 3 rings (SSSR count). The van der Waals surface area contributed by atoms with Gasteiger partial charge >= 0.3 is 0 Å². The third kappa shape index (κ3) is 3.61. The zero-order chi connectivity index (χ0) is 13.6. The summed E-state index contributed by atoms with van der Waals surface area (Å²) in [5.74, 6) is 0.985. The number of benzene rings is 2. The molecule has 1 fully saturated rings. The Hall–Kier alpha value is -1.80. The average Bonchev–Trinajstić information content (AvgIpc) is 2.50. The molecule has 0 aromatic heterocycles. The second-order valence-electron chi connectivity index (χ2n) is 5.42. The monoisotopic (exact) mass is 267 g/mol. The van der Waals surface area contributed by atoms with E-state index < -0.39 is 0 Å². The van der Waals surface area contributed by atoms with Gasteiger partial charge in [-0.05, 0) is 37.1 Å². The van der Waals surface area contributed by atoms with E-state index in [-0.39, 0.29) is 0 Å². The summed E-state index contributed by atoms with van der Waals surface area (Å²) >= 11 is 0. The lowest BCUT2D eigenvalue weighted by Crippen LogP contribution is -2.40. The van der Waals surface area contributed by atoms with Gasteiger partial charge in [0.05, 0.1) is 0 Å². The second-order valence-corrected chi connectivity index (χ2v) is 5.42. The van der Waals surface area contributed by atoms with Crippen LogP contribution in [0.25, 0.3) is 0 Å². The van der Waals surface area contributed by atoms with Crippen molar-refractivity contribution in [3.63, 3.8) is 0 Å². The van der Waals surface area contributed by atoms with Crippen LogP contribution in [0.15, 0.2) is 60.7 Å². The molecule has 2 aromatic rings. The summed E-state index contributed by atoms with van der Waals surface area (Å²) in [6.07, 6.45) is 2.68. The summed E-state index contributed by atoms with van der Waals surface area (Å²) in [5.41, 5.74) is 1.38. The predicted molar refractivity (Wildman–Crippen MR) is 81.8 cm³/mol. The highest BCUT2D eigenvalue weighted by Gasteiger charge is 2.21. The Kier molecular flexibility index (Phi) is 4.34. The third-order valence-corrected chi connectivity index (χ3v) is 3.76. The molecular weight excluding hydrogens is 246 g/mol. The Balaban J connectivity index is 1.57. The zero-order valence-corrected chi connectivity index (χ0v) is 11.7. The fourth-order valence-electron chi connectivity index (χ4n) is 2.79. The molecule has 2 nitrogen and oxygen atoms in total. The van der Waals surface area contributed by atoms with Crippen LogP contribution in [0.1, 0.15) is 18.4 Å². The van der Waals surface area contributed by atoms with E-state index in [1.165, 1.54) is 18.5 Å². The summed E-state index contributed by atoms with van der Waals surface area (Å²) in [6, 6.07) is 20.8. The zero-order valence-electron chi connectivity index (χ0n) is 11.7. The Morgan fingerprint density at radius 2 is 1.65 bits per heavy atom. The van der Waals surface area contributed by atoms with Crippen LogP contribution in [-0.4, -0.2) is 24.1 Å². The maximum absolute atomic E-state index is 6.08. The minimum Gasteiger partial charge on any atom is -0.489 e. The van der Waals surface area contributed by atoms with Gasteiger partial charge in [0.15, 0.2) is 0 Å². The van der Waals surface area contributed by atoms with Crippen molar-refractivity contribution in [1.82, 2.24) is 4.90 Å². The summed E-state index contributed by atoms with van der Waals surface area (Å²) in [4.78, 5) is 2.49. The van der Waals surface area contributed by atoms with Crippen molar-refractivity contribution in [2.24, 2.45) is 0 Å². The van der Waals surface area contributed by atoms with Crippen molar-refractivity contribution in [2.45, 2.75) is 25.5 Å². The molecule has 1 aliphatic rings. The van der Waals surface area contributed by atoms with Crippen molar-refractivity contribution >= 4 is 0 Å². The molecular formula is C18H21NO. The molecule has 1 atom stereocenters. The normalized spacial score (nSPS) is 19.7. The van der Waals surface area contributed by atoms with E-state index in [1.807, 2.05) is 30.3 Å². The molecule has 0 N–H and O–H groups in total. The van der Waals surface area contributed by atoms with Crippen LogP contribution in [-0.2, 0) is 6.54 Å². The fraction of sp³-hybridized carbons (Fsp3) is 0.333. The van der Waals surface area contributed by atoms with Gasteiger partial charge in [0, 0.05) is 13.1 Å². The van der Waals surface area contributed by atoms with Crippen molar-refractivity contribution in [3.8, 4) is 5.75 Å². The minimum atomic E-state index is 0.315. The van der Waals surface area contributed by atoms with E-state index in [1.54, 1.807) is 0 Å². The molecule has 0 spiro atoms. The quantitative estimate of drug-likeness (QED) is 0.837. The number of para-hydroxylation sites is 1. The first-order chi connectivity index (χ1) is 9.90. The maximum atomic E-state index is 6.08. The Morgan fingerprint density at radius 3 is 2.40 bits per heavy atom. The molecule has 2 aromatic carbocycles. The lowest BCUT2D eigenvalue weighted by molar-refractivity contribution is 0.0843. The van der Waals surface area contributed by atoms with Gasteiger partial charge in [0.1, 0.15) is 11.9 Å². The van der Waals surface area contributed by atoms with E-state index in [2.05, 4.69) is 35.2 Å². The molecule has 1 aliphatic heterocycles. The first-order valence-corrected chi connectivity index (χ1v) is 7.38. The third-order valence-electron chi connectivity index (χ3n) is 3.76. The van der Waals surface area contributed by atoms with Crippen LogP contribution in [0.5, 0.6) is 5.75 Å². The Bertz CT molecular complexity index is 464. The summed E-state index contributed by atoms with van der Waals surface area (Å²) < 4.78 is 6.08. The van der Waals surface area contributed by atoms with Crippen molar-refractivity contribution in [1.29, 1.82) is 0 Å². The Labute approximate surface area is 121 Å². The smallest absolute Gasteiger partial charge is 0.119 e. The average molecular weight is 267 g/mol. The predicted octanol–water partition coefficient (Wildman–Crippen LogP) is 3.73. The lowest BCUT2D eigenvalue weighted by atomic mass is 10.1. The molecule has 104 valence electrons. The van der Waals surface area contributed by atoms with Crippen LogP contribution in [0.4, 0.5) is 0 Å². The van der Waals surface area contributed by atoms with Crippen molar-refractivity contribution in [3.05, 3.63) is 66.2 Å². The molecule has 0 bridgehead atoms. The SMILES string of the molecule is c1ccc(CN2CCC[C@H](Oc3ccccc3)C2)cc1. The van der Waals surface area contributed by atoms with Gasteiger partial charge in [-0.2, -0.15) is 0 Å². The highest BCUT2D eigenvalue weighted by molar-refractivity contribution is 5.21. The van der Waals surface area contributed by atoms with Gasteiger partial charge < -0.3 is 4.74 Å². The van der Waals surface area contributed by atoms with Crippen LogP contribution in [0.3, 0.4) is 0 Å². The summed E-state index contributed by atoms with van der Waals surface area (Å²) in [5, 5.41) is 0. The minimum absolute atomic E-state index is 0.315. The maximum Gasteiger partial charge on any atom is 0.119 e.